The molecule has 0 N–H and O–H groups in total. The summed E-state index contributed by atoms with van der Waals surface area (Å²) in [7, 11) is 3.01. The fourth-order valence-electron chi connectivity index (χ4n) is 2.73. The van der Waals surface area contributed by atoms with E-state index in [0.717, 1.165) is 6.07 Å². The van der Waals surface area contributed by atoms with E-state index < -0.39 is 17.0 Å². The second-order valence-electron chi connectivity index (χ2n) is 5.49. The van der Waals surface area contributed by atoms with Gasteiger partial charge < -0.3 is 14.4 Å². The molecular formula is C18H17F2NO3S. The minimum atomic E-state index is -0.652. The van der Waals surface area contributed by atoms with Gasteiger partial charge in [-0.25, -0.2) is 8.78 Å². The standard InChI is InChI=1S/C18H17F2NO3S/c1-23-13-7-11(8-14(10-13)24-2)17(22)21-5-6-25-18(21)15-4-3-12(19)9-16(15)20/h3-4,7-10,18H,5-6H2,1-2H3/t18-/m0/s1. The summed E-state index contributed by atoms with van der Waals surface area (Å²) in [4.78, 5) is 14.5. The van der Waals surface area contributed by atoms with Crippen LogP contribution in [0, 0.1) is 11.6 Å². The van der Waals surface area contributed by atoms with Crippen LogP contribution in [0.1, 0.15) is 21.3 Å². The van der Waals surface area contributed by atoms with Gasteiger partial charge in [0.25, 0.3) is 5.91 Å². The molecule has 0 bridgehead atoms. The van der Waals surface area contributed by atoms with E-state index in [1.165, 1.54) is 38.1 Å². The molecule has 7 heteroatoms. The number of carbonyl (C=O) groups excluding carboxylic acids is 1. The Morgan fingerprint density at radius 2 is 1.80 bits per heavy atom. The van der Waals surface area contributed by atoms with Crippen molar-refractivity contribution in [3.63, 3.8) is 0 Å². The molecule has 0 saturated carbocycles. The van der Waals surface area contributed by atoms with Gasteiger partial charge in [-0.2, -0.15) is 0 Å². The second kappa shape index (κ2) is 7.31. The van der Waals surface area contributed by atoms with Crippen LogP contribution in [-0.4, -0.2) is 37.3 Å². The fraction of sp³-hybridized carbons (Fsp3) is 0.278. The second-order valence-corrected chi connectivity index (χ2v) is 6.68. The van der Waals surface area contributed by atoms with Crippen molar-refractivity contribution in [1.29, 1.82) is 0 Å². The lowest BCUT2D eigenvalue weighted by molar-refractivity contribution is 0.0758. The van der Waals surface area contributed by atoms with E-state index in [-0.39, 0.29) is 5.91 Å². The zero-order valence-corrected chi connectivity index (χ0v) is 14.6. The van der Waals surface area contributed by atoms with Crippen molar-refractivity contribution in [3.05, 3.63) is 59.2 Å². The van der Waals surface area contributed by atoms with Crippen LogP contribution >= 0.6 is 11.8 Å². The number of carbonyl (C=O) groups is 1. The SMILES string of the molecule is COc1cc(OC)cc(C(=O)N2CCS[C@H]2c2ccc(F)cc2F)c1. The maximum Gasteiger partial charge on any atom is 0.255 e. The number of hydrogen-bond acceptors (Lipinski definition) is 4. The number of ether oxygens (including phenoxy) is 2. The fourth-order valence-corrected chi connectivity index (χ4v) is 4.01. The van der Waals surface area contributed by atoms with Crippen molar-refractivity contribution in [3.8, 4) is 11.5 Å². The molecule has 1 saturated heterocycles. The summed E-state index contributed by atoms with van der Waals surface area (Å²) >= 11 is 1.45. The Bertz CT molecular complexity index is 778. The minimum absolute atomic E-state index is 0.254. The summed E-state index contributed by atoms with van der Waals surface area (Å²) in [5, 5.41) is -0.495. The first-order valence-electron chi connectivity index (χ1n) is 7.64. The zero-order chi connectivity index (χ0) is 18.0. The molecule has 0 aromatic heterocycles. The summed E-state index contributed by atoms with van der Waals surface area (Å²) in [5.74, 6) is 0.128. The number of amides is 1. The maximum absolute atomic E-state index is 14.1. The molecule has 2 aromatic rings. The summed E-state index contributed by atoms with van der Waals surface area (Å²) in [5.41, 5.74) is 0.693. The van der Waals surface area contributed by atoms with Gasteiger partial charge >= 0.3 is 0 Å². The van der Waals surface area contributed by atoms with Crippen LogP contribution in [0.25, 0.3) is 0 Å². The Kier molecular flexibility index (Phi) is 5.13. The van der Waals surface area contributed by atoms with E-state index in [2.05, 4.69) is 0 Å². The Balaban J connectivity index is 1.93. The van der Waals surface area contributed by atoms with Gasteiger partial charge in [-0.1, -0.05) is 6.07 Å². The molecule has 1 fully saturated rings. The van der Waals surface area contributed by atoms with Gasteiger partial charge in [0.15, 0.2) is 0 Å². The van der Waals surface area contributed by atoms with Gasteiger partial charge in [0.1, 0.15) is 28.5 Å². The first-order valence-corrected chi connectivity index (χ1v) is 8.69. The zero-order valence-electron chi connectivity index (χ0n) is 13.8. The first-order chi connectivity index (χ1) is 12.0. The third-order valence-electron chi connectivity index (χ3n) is 3.98. The lowest BCUT2D eigenvalue weighted by Crippen LogP contribution is -2.30. The van der Waals surface area contributed by atoms with E-state index in [1.807, 2.05) is 0 Å². The highest BCUT2D eigenvalue weighted by molar-refractivity contribution is 7.99. The van der Waals surface area contributed by atoms with Crippen molar-refractivity contribution in [1.82, 2.24) is 4.90 Å². The molecule has 1 heterocycles. The molecule has 2 aromatic carbocycles. The topological polar surface area (TPSA) is 38.8 Å². The number of halogens is 2. The Morgan fingerprint density at radius 3 is 2.40 bits per heavy atom. The predicted molar refractivity (Wildman–Crippen MR) is 92.1 cm³/mol. The molecule has 1 atom stereocenters. The highest BCUT2D eigenvalue weighted by Gasteiger charge is 2.33. The molecule has 25 heavy (non-hydrogen) atoms. The summed E-state index contributed by atoms with van der Waals surface area (Å²) in [6, 6.07) is 8.34. The third-order valence-corrected chi connectivity index (χ3v) is 5.22. The number of benzene rings is 2. The molecular weight excluding hydrogens is 348 g/mol. The van der Waals surface area contributed by atoms with Crippen molar-refractivity contribution in [2.75, 3.05) is 26.5 Å². The van der Waals surface area contributed by atoms with Crippen LogP contribution in [0.4, 0.5) is 8.78 Å². The van der Waals surface area contributed by atoms with Gasteiger partial charge in [-0.3, -0.25) is 4.79 Å². The minimum Gasteiger partial charge on any atom is -0.497 e. The molecule has 1 aliphatic heterocycles. The highest BCUT2D eigenvalue weighted by atomic mass is 32.2. The van der Waals surface area contributed by atoms with E-state index in [1.54, 1.807) is 23.1 Å². The van der Waals surface area contributed by atoms with E-state index >= 15 is 0 Å². The molecule has 4 nitrogen and oxygen atoms in total. The van der Waals surface area contributed by atoms with Crippen LogP contribution in [0.15, 0.2) is 36.4 Å². The summed E-state index contributed by atoms with van der Waals surface area (Å²) in [6.45, 7) is 0.477. The lowest BCUT2D eigenvalue weighted by atomic mass is 10.1. The summed E-state index contributed by atoms with van der Waals surface area (Å²) in [6.07, 6.45) is 0. The van der Waals surface area contributed by atoms with E-state index in [0.29, 0.717) is 34.9 Å². The normalized spacial score (nSPS) is 16.8. The van der Waals surface area contributed by atoms with Gasteiger partial charge in [0.2, 0.25) is 0 Å². The third kappa shape index (κ3) is 3.56. The molecule has 132 valence electrons. The highest BCUT2D eigenvalue weighted by Crippen LogP contribution is 2.40. The van der Waals surface area contributed by atoms with E-state index in [4.69, 9.17) is 9.47 Å². The van der Waals surface area contributed by atoms with Crippen LogP contribution in [-0.2, 0) is 0 Å². The van der Waals surface area contributed by atoms with Gasteiger partial charge in [-0.15, -0.1) is 11.8 Å². The number of thioether (sulfide) groups is 1. The van der Waals surface area contributed by atoms with Crippen molar-refractivity contribution in [2.45, 2.75) is 5.37 Å². The monoisotopic (exact) mass is 365 g/mol. The molecule has 3 rings (SSSR count). The quantitative estimate of drug-likeness (QED) is 0.825. The number of methoxy groups -OCH3 is 2. The van der Waals surface area contributed by atoms with Gasteiger partial charge in [0.05, 0.1) is 14.2 Å². The van der Waals surface area contributed by atoms with Gasteiger partial charge in [0, 0.05) is 35.6 Å². The average molecular weight is 365 g/mol. The molecule has 1 amide bonds. The van der Waals surface area contributed by atoms with Crippen molar-refractivity contribution in [2.24, 2.45) is 0 Å². The molecule has 0 spiro atoms. The molecule has 1 aliphatic rings. The van der Waals surface area contributed by atoms with Crippen molar-refractivity contribution >= 4 is 17.7 Å². The smallest absolute Gasteiger partial charge is 0.255 e. The summed E-state index contributed by atoms with van der Waals surface area (Å²) < 4.78 is 37.7. The number of hydrogen-bond donors (Lipinski definition) is 0. The molecule has 0 aliphatic carbocycles. The number of nitrogens with zero attached hydrogens (tertiary/aromatic N) is 1. The van der Waals surface area contributed by atoms with Crippen LogP contribution < -0.4 is 9.47 Å². The molecule has 0 unspecified atom stereocenters. The largest absolute Gasteiger partial charge is 0.497 e. The predicted octanol–water partition coefficient (Wildman–Crippen LogP) is 3.87. The molecule has 0 radical (unpaired) electrons. The Morgan fingerprint density at radius 1 is 1.12 bits per heavy atom. The van der Waals surface area contributed by atoms with Crippen LogP contribution in [0.2, 0.25) is 0 Å². The van der Waals surface area contributed by atoms with Crippen molar-refractivity contribution < 1.29 is 23.0 Å². The Labute approximate surface area is 148 Å². The van der Waals surface area contributed by atoms with Crippen LogP contribution in [0.5, 0.6) is 11.5 Å². The van der Waals surface area contributed by atoms with Gasteiger partial charge in [-0.05, 0) is 18.2 Å². The number of rotatable bonds is 4. The Hall–Kier alpha value is -2.28. The average Bonchev–Trinajstić information content (AvgIpc) is 3.09. The maximum atomic E-state index is 14.1. The lowest BCUT2D eigenvalue weighted by Gasteiger charge is -2.25. The van der Waals surface area contributed by atoms with Crippen LogP contribution in [0.3, 0.4) is 0 Å². The first kappa shape index (κ1) is 17.5. The van der Waals surface area contributed by atoms with E-state index in [9.17, 15) is 13.6 Å².